The lowest BCUT2D eigenvalue weighted by Crippen LogP contribution is -2.31. The molecule has 0 atom stereocenters. The van der Waals surface area contributed by atoms with E-state index >= 15 is 0 Å². The number of rotatable bonds is 7. The maximum atomic E-state index is 12.1. The Balaban J connectivity index is 2.42. The van der Waals surface area contributed by atoms with Crippen molar-refractivity contribution in [3.05, 3.63) is 41.5 Å². The number of imide groups is 1. The molecule has 21 heavy (non-hydrogen) atoms. The lowest BCUT2D eigenvalue weighted by Gasteiger charge is -2.22. The van der Waals surface area contributed by atoms with Crippen molar-refractivity contribution in [2.75, 3.05) is 4.90 Å². The Morgan fingerprint density at radius 1 is 0.857 bits per heavy atom. The van der Waals surface area contributed by atoms with E-state index in [0.29, 0.717) is 0 Å². The van der Waals surface area contributed by atoms with Crippen molar-refractivity contribution >= 4 is 17.5 Å². The van der Waals surface area contributed by atoms with Gasteiger partial charge in [0.1, 0.15) is 0 Å². The molecule has 0 saturated heterocycles. The van der Waals surface area contributed by atoms with Crippen molar-refractivity contribution in [1.82, 2.24) is 0 Å². The molecular formula is C18H23NO2. The first-order chi connectivity index (χ1) is 10.2. The third-order valence-electron chi connectivity index (χ3n) is 3.84. The Bertz CT molecular complexity index is 516. The normalized spacial score (nSPS) is 14.3. The van der Waals surface area contributed by atoms with Crippen molar-refractivity contribution in [3.63, 3.8) is 0 Å². The summed E-state index contributed by atoms with van der Waals surface area (Å²) in [4.78, 5) is 25.5. The fourth-order valence-electron chi connectivity index (χ4n) is 2.69. The Hall–Kier alpha value is -1.90. The van der Waals surface area contributed by atoms with Crippen molar-refractivity contribution in [2.24, 2.45) is 0 Å². The first-order valence-electron chi connectivity index (χ1n) is 7.86. The van der Waals surface area contributed by atoms with Gasteiger partial charge in [-0.15, -0.1) is 0 Å². The van der Waals surface area contributed by atoms with E-state index in [-0.39, 0.29) is 11.8 Å². The van der Waals surface area contributed by atoms with Crippen molar-refractivity contribution in [1.29, 1.82) is 0 Å². The van der Waals surface area contributed by atoms with Crippen LogP contribution in [0, 0.1) is 0 Å². The molecule has 0 spiro atoms. The van der Waals surface area contributed by atoms with Gasteiger partial charge < -0.3 is 0 Å². The molecule has 1 heterocycles. The van der Waals surface area contributed by atoms with E-state index in [9.17, 15) is 9.59 Å². The average Bonchev–Trinajstić information content (AvgIpc) is 2.82. The fourth-order valence-corrected chi connectivity index (χ4v) is 2.69. The highest BCUT2D eigenvalue weighted by molar-refractivity contribution is 6.28. The van der Waals surface area contributed by atoms with Crippen molar-refractivity contribution in [3.8, 4) is 0 Å². The van der Waals surface area contributed by atoms with Gasteiger partial charge in [0.05, 0.1) is 5.69 Å². The van der Waals surface area contributed by atoms with Crippen LogP contribution in [0.4, 0.5) is 5.69 Å². The molecule has 0 aromatic heterocycles. The lowest BCUT2D eigenvalue weighted by atomic mass is 9.98. The van der Waals surface area contributed by atoms with Gasteiger partial charge in [0.2, 0.25) is 0 Å². The quantitative estimate of drug-likeness (QED) is 0.715. The summed E-state index contributed by atoms with van der Waals surface area (Å²) >= 11 is 0. The number of aryl methyl sites for hydroxylation is 2. The predicted octanol–water partition coefficient (Wildman–Crippen LogP) is 3.80. The minimum Gasteiger partial charge on any atom is -0.269 e. The van der Waals surface area contributed by atoms with Gasteiger partial charge in [0.25, 0.3) is 11.8 Å². The van der Waals surface area contributed by atoms with Gasteiger partial charge in [-0.05, 0) is 36.8 Å². The summed E-state index contributed by atoms with van der Waals surface area (Å²) in [6.45, 7) is 4.29. The SMILES string of the molecule is CCCCc1cccc(CCCC)c1N1C(=O)C=CC1=O. The van der Waals surface area contributed by atoms with Crippen LogP contribution in [-0.2, 0) is 22.4 Å². The molecule has 0 saturated carbocycles. The highest BCUT2D eigenvalue weighted by Crippen LogP contribution is 2.30. The molecule has 112 valence electrons. The molecule has 2 rings (SSSR count). The standard InChI is InChI=1S/C18H23NO2/c1-3-5-8-14-10-7-11-15(9-6-4-2)18(14)19-16(20)12-13-17(19)21/h7,10-13H,3-6,8-9H2,1-2H3. The second kappa shape index (κ2) is 7.21. The van der Waals surface area contributed by atoms with E-state index in [1.165, 1.54) is 17.1 Å². The van der Waals surface area contributed by atoms with Gasteiger partial charge in [0, 0.05) is 12.2 Å². The van der Waals surface area contributed by atoms with Crippen LogP contribution in [0.3, 0.4) is 0 Å². The minimum absolute atomic E-state index is 0.221. The van der Waals surface area contributed by atoms with Crippen LogP contribution < -0.4 is 4.90 Å². The van der Waals surface area contributed by atoms with Gasteiger partial charge in [-0.3, -0.25) is 9.59 Å². The summed E-state index contributed by atoms with van der Waals surface area (Å²) in [7, 11) is 0. The number of anilines is 1. The molecule has 3 nitrogen and oxygen atoms in total. The molecule has 0 N–H and O–H groups in total. The van der Waals surface area contributed by atoms with E-state index in [4.69, 9.17) is 0 Å². The number of carbonyl (C=O) groups excluding carboxylic acids is 2. The zero-order valence-electron chi connectivity index (χ0n) is 12.9. The largest absolute Gasteiger partial charge is 0.269 e. The average molecular weight is 285 g/mol. The van der Waals surface area contributed by atoms with Crippen LogP contribution >= 0.6 is 0 Å². The molecule has 1 aliphatic heterocycles. The highest BCUT2D eigenvalue weighted by atomic mass is 16.2. The van der Waals surface area contributed by atoms with Gasteiger partial charge in [0.15, 0.2) is 0 Å². The number of amides is 2. The minimum atomic E-state index is -0.221. The highest BCUT2D eigenvalue weighted by Gasteiger charge is 2.28. The third kappa shape index (κ3) is 3.41. The lowest BCUT2D eigenvalue weighted by molar-refractivity contribution is -0.120. The van der Waals surface area contributed by atoms with Crippen LogP contribution in [-0.4, -0.2) is 11.8 Å². The molecule has 1 aromatic carbocycles. The second-order valence-electron chi connectivity index (χ2n) is 5.48. The van der Waals surface area contributed by atoms with E-state index in [1.807, 2.05) is 18.2 Å². The van der Waals surface area contributed by atoms with Gasteiger partial charge in [-0.25, -0.2) is 4.90 Å². The number of nitrogens with zero attached hydrogens (tertiary/aromatic N) is 1. The summed E-state index contributed by atoms with van der Waals surface area (Å²) in [6, 6.07) is 6.12. The summed E-state index contributed by atoms with van der Waals surface area (Å²) in [5.41, 5.74) is 3.05. The molecule has 1 aliphatic rings. The van der Waals surface area contributed by atoms with Crippen molar-refractivity contribution < 1.29 is 9.59 Å². The molecule has 0 aliphatic carbocycles. The molecular weight excluding hydrogens is 262 g/mol. The van der Waals surface area contributed by atoms with Gasteiger partial charge >= 0.3 is 0 Å². The number of hydrogen-bond acceptors (Lipinski definition) is 2. The monoisotopic (exact) mass is 285 g/mol. The maximum absolute atomic E-state index is 12.1. The summed E-state index contributed by atoms with van der Waals surface area (Å²) in [5.74, 6) is -0.441. The number of para-hydroxylation sites is 1. The number of benzene rings is 1. The number of carbonyl (C=O) groups is 2. The smallest absolute Gasteiger partial charge is 0.258 e. The van der Waals surface area contributed by atoms with Crippen molar-refractivity contribution in [2.45, 2.75) is 52.4 Å². The Labute approximate surface area is 126 Å². The van der Waals surface area contributed by atoms with Gasteiger partial charge in [-0.2, -0.15) is 0 Å². The molecule has 0 unspecified atom stereocenters. The van der Waals surface area contributed by atoms with Crippen LogP contribution in [0.15, 0.2) is 30.4 Å². The van der Waals surface area contributed by atoms with Crippen LogP contribution in [0.2, 0.25) is 0 Å². The molecule has 0 bridgehead atoms. The summed E-state index contributed by atoms with van der Waals surface area (Å²) in [6.07, 6.45) is 8.86. The first-order valence-corrected chi connectivity index (χ1v) is 7.86. The number of unbranched alkanes of at least 4 members (excludes halogenated alkanes) is 2. The topological polar surface area (TPSA) is 37.4 Å². The molecule has 2 amide bonds. The first kappa shape index (κ1) is 15.5. The molecule has 0 fully saturated rings. The predicted molar refractivity (Wildman–Crippen MR) is 85.3 cm³/mol. The second-order valence-corrected chi connectivity index (χ2v) is 5.48. The van der Waals surface area contributed by atoms with E-state index in [1.54, 1.807) is 0 Å². The van der Waals surface area contributed by atoms with E-state index in [2.05, 4.69) is 13.8 Å². The Morgan fingerprint density at radius 3 is 1.76 bits per heavy atom. The van der Waals surface area contributed by atoms with Crippen LogP contribution in [0.5, 0.6) is 0 Å². The summed E-state index contributed by atoms with van der Waals surface area (Å²) < 4.78 is 0. The fraction of sp³-hybridized carbons (Fsp3) is 0.444. The zero-order chi connectivity index (χ0) is 15.2. The molecule has 1 aromatic rings. The van der Waals surface area contributed by atoms with Gasteiger partial charge in [-0.1, -0.05) is 44.9 Å². The number of hydrogen-bond donors (Lipinski definition) is 0. The maximum Gasteiger partial charge on any atom is 0.258 e. The van der Waals surface area contributed by atoms with Crippen LogP contribution in [0.1, 0.15) is 50.7 Å². The Kier molecular flexibility index (Phi) is 5.32. The van der Waals surface area contributed by atoms with E-state index in [0.717, 1.165) is 55.3 Å². The molecule has 3 heteroatoms. The van der Waals surface area contributed by atoms with E-state index < -0.39 is 0 Å². The van der Waals surface area contributed by atoms with Crippen LogP contribution in [0.25, 0.3) is 0 Å². The summed E-state index contributed by atoms with van der Waals surface area (Å²) in [5, 5.41) is 0. The zero-order valence-corrected chi connectivity index (χ0v) is 12.9. The Morgan fingerprint density at radius 2 is 1.33 bits per heavy atom. The third-order valence-corrected chi connectivity index (χ3v) is 3.84. The molecule has 0 radical (unpaired) electrons.